The summed E-state index contributed by atoms with van der Waals surface area (Å²) in [5, 5.41) is 30.2. The number of aliphatic imine (C=N–C) groups is 1. The van der Waals surface area contributed by atoms with Gasteiger partial charge in [-0.25, -0.2) is 0 Å². The number of aliphatic hydroxyl groups is 2. The fourth-order valence-corrected chi connectivity index (χ4v) is 10.4. The maximum atomic E-state index is 12.3. The van der Waals surface area contributed by atoms with Gasteiger partial charge in [0.2, 0.25) is 0 Å². The molecule has 8 rings (SSSR count). The van der Waals surface area contributed by atoms with Crippen molar-refractivity contribution in [2.45, 2.75) is 78.4 Å². The zero-order valence-corrected chi connectivity index (χ0v) is 45.4. The van der Waals surface area contributed by atoms with Crippen LogP contribution in [0.3, 0.4) is 0 Å². The van der Waals surface area contributed by atoms with Gasteiger partial charge < -0.3 is 44.0 Å². The number of ether oxygens (including phenoxy) is 6. The highest BCUT2D eigenvalue weighted by Crippen LogP contribution is 2.39. The van der Waals surface area contributed by atoms with Crippen molar-refractivity contribution in [2.24, 2.45) is 16.8 Å². The second-order valence-electron chi connectivity index (χ2n) is 19.3. The second kappa shape index (κ2) is 26.4. The molecular weight excluding hydrogens is 1020 g/mol. The number of pyridine rings is 2. The first-order valence-corrected chi connectivity index (χ1v) is 26.1. The Morgan fingerprint density at radius 3 is 1.51 bits per heavy atom. The molecular formula is C59H64Cl2N6O10. The highest BCUT2D eigenvalue weighted by Gasteiger charge is 2.35. The molecule has 2 saturated heterocycles. The van der Waals surface area contributed by atoms with Crippen LogP contribution < -0.4 is 18.9 Å². The van der Waals surface area contributed by atoms with Crippen LogP contribution in [-0.4, -0.2) is 114 Å². The molecule has 2 fully saturated rings. The fraction of sp³-hybridized carbons (Fsp3) is 0.356. The van der Waals surface area contributed by atoms with E-state index in [4.69, 9.17) is 57.0 Å². The van der Waals surface area contributed by atoms with E-state index in [1.54, 1.807) is 50.2 Å². The molecule has 18 heteroatoms. The number of hydrogen-bond donors (Lipinski definition) is 3. The van der Waals surface area contributed by atoms with E-state index in [-0.39, 0.29) is 39.5 Å². The summed E-state index contributed by atoms with van der Waals surface area (Å²) in [6.07, 6.45) is 8.87. The highest BCUT2D eigenvalue weighted by molar-refractivity contribution is 6.32. The van der Waals surface area contributed by atoms with Crippen LogP contribution in [0.15, 0.2) is 103 Å². The van der Waals surface area contributed by atoms with Crippen molar-refractivity contribution in [2.75, 3.05) is 47.4 Å². The Bertz CT molecular complexity index is 3100. The Labute approximate surface area is 459 Å². The van der Waals surface area contributed by atoms with Gasteiger partial charge in [-0.15, -0.1) is 0 Å². The van der Waals surface area contributed by atoms with Gasteiger partial charge >= 0.3 is 11.9 Å². The highest BCUT2D eigenvalue weighted by atomic mass is 35.5. The molecule has 2 aliphatic rings. The lowest BCUT2D eigenvalue weighted by molar-refractivity contribution is -0.153. The molecule has 0 aliphatic carbocycles. The third-order valence-electron chi connectivity index (χ3n) is 14.2. The lowest BCUT2D eigenvalue weighted by Gasteiger charge is -2.34. The first-order chi connectivity index (χ1) is 37.2. The second-order valence-corrected chi connectivity index (χ2v) is 20.2. The Morgan fingerprint density at radius 2 is 1.08 bits per heavy atom. The Hall–Kier alpha value is -6.92. The molecule has 3 N–H and O–H groups in total. The molecule has 16 nitrogen and oxygen atoms in total. The number of β-amino-alcohol motifs (C(OH)–C–C–N with tert-alkyl or cyclic N) is 2. The Balaban J connectivity index is 0.988. The number of methoxy groups -OCH3 is 2. The van der Waals surface area contributed by atoms with Crippen molar-refractivity contribution < 1.29 is 48.2 Å². The monoisotopic (exact) mass is 1090 g/mol. The van der Waals surface area contributed by atoms with Crippen molar-refractivity contribution in [3.05, 3.63) is 163 Å². The van der Waals surface area contributed by atoms with Gasteiger partial charge in [-0.1, -0.05) is 59.6 Å². The number of nitrogens with zero attached hydrogens (tertiary/aromatic N) is 5. The van der Waals surface area contributed by atoms with E-state index in [1.807, 2.05) is 48.5 Å². The van der Waals surface area contributed by atoms with Gasteiger partial charge in [0, 0.05) is 116 Å². The number of carbonyl (C=O) groups is 2. The van der Waals surface area contributed by atoms with Crippen LogP contribution in [0.4, 0.5) is 0 Å². The number of carbonyl (C=O) groups excluding carboxylic acids is 2. The molecule has 77 heavy (non-hydrogen) atoms. The molecule has 2 aliphatic heterocycles. The lowest BCUT2D eigenvalue weighted by atomic mass is 9.92. The molecule has 0 spiro atoms. The predicted molar refractivity (Wildman–Crippen MR) is 294 cm³/mol. The van der Waals surface area contributed by atoms with E-state index >= 15 is 0 Å². The first-order valence-electron chi connectivity index (χ1n) is 25.4. The van der Waals surface area contributed by atoms with Crippen LogP contribution >= 0.6 is 23.2 Å². The Kier molecular flexibility index (Phi) is 19.3. The van der Waals surface area contributed by atoms with Gasteiger partial charge in [0.15, 0.2) is 0 Å². The average molecular weight is 1090 g/mol. The van der Waals surface area contributed by atoms with Crippen LogP contribution in [0.5, 0.6) is 23.0 Å². The number of rotatable bonds is 21. The summed E-state index contributed by atoms with van der Waals surface area (Å²) in [6.45, 7) is 7.43. The van der Waals surface area contributed by atoms with Crippen molar-refractivity contribution in [1.29, 1.82) is 5.41 Å². The van der Waals surface area contributed by atoms with Gasteiger partial charge in [0.25, 0.3) is 0 Å². The lowest BCUT2D eigenvalue weighted by Crippen LogP contribution is -2.46. The maximum absolute atomic E-state index is 12.3. The first kappa shape index (κ1) is 56.3. The van der Waals surface area contributed by atoms with Gasteiger partial charge in [0.05, 0.1) is 48.3 Å². The Morgan fingerprint density at radius 1 is 0.636 bits per heavy atom. The molecule has 0 bridgehead atoms. The van der Waals surface area contributed by atoms with Crippen LogP contribution in [0.25, 0.3) is 11.1 Å². The van der Waals surface area contributed by atoms with E-state index in [9.17, 15) is 19.8 Å². The molecule has 6 aromatic rings. The zero-order valence-electron chi connectivity index (χ0n) is 43.8. The molecule has 0 radical (unpaired) electrons. The number of nitrogens with one attached hydrogen (secondary N) is 1. The summed E-state index contributed by atoms with van der Waals surface area (Å²) in [6, 6.07) is 23.3. The third-order valence-corrected chi connectivity index (χ3v) is 14.8. The van der Waals surface area contributed by atoms with Crippen molar-refractivity contribution in [3.63, 3.8) is 0 Å². The molecule has 0 saturated carbocycles. The van der Waals surface area contributed by atoms with E-state index in [0.717, 1.165) is 61.2 Å². The van der Waals surface area contributed by atoms with E-state index in [1.165, 1.54) is 20.4 Å². The normalized spacial score (nSPS) is 17.9. The molecule has 4 heterocycles. The van der Waals surface area contributed by atoms with E-state index in [2.05, 4.69) is 50.7 Å². The molecule has 0 amide bonds. The van der Waals surface area contributed by atoms with Crippen LogP contribution in [0, 0.1) is 31.1 Å². The quantitative estimate of drug-likeness (QED) is 0.0455. The summed E-state index contributed by atoms with van der Waals surface area (Å²) in [5.41, 5.74) is 10.7. The van der Waals surface area contributed by atoms with E-state index in [0.29, 0.717) is 77.6 Å². The molecule has 4 aromatic carbocycles. The summed E-state index contributed by atoms with van der Waals surface area (Å²) in [4.78, 5) is 41.4. The van der Waals surface area contributed by atoms with Crippen LogP contribution in [0.1, 0.15) is 68.5 Å². The average Bonchev–Trinajstić information content (AvgIpc) is 3.43. The number of piperidine rings is 2. The topological polar surface area (TPSA) is 198 Å². The zero-order chi connectivity index (χ0) is 54.6. The number of aliphatic hydroxyl groups excluding tert-OH is 2. The summed E-state index contributed by atoms with van der Waals surface area (Å²) < 4.78 is 35.7. The van der Waals surface area contributed by atoms with Gasteiger partial charge in [-0.2, -0.15) is 0 Å². The molecule has 4 atom stereocenters. The minimum atomic E-state index is -0.884. The number of benzene rings is 4. The van der Waals surface area contributed by atoms with Crippen molar-refractivity contribution in [3.8, 4) is 34.1 Å². The fourth-order valence-electron chi connectivity index (χ4n) is 9.87. The smallest absolute Gasteiger partial charge is 0.311 e. The summed E-state index contributed by atoms with van der Waals surface area (Å²) in [5.74, 6) is -0.0528. The number of halogens is 2. The maximum Gasteiger partial charge on any atom is 0.311 e. The standard InChI is InChI=1S/C59H64Cl2N6O10/c1-36-42(34-76-56-20-54(74-32-40-16-38(22-62)24-64-26-40)44(18-50(56)60)28-66-14-12-48(52(68)30-66)58(70)72-4)8-6-10-46(36)47-11-7-9-43(37(47)2)35-77-57-21-55(75-33-41-17-39(23-63-3)25-65-27-41)45(19-51(57)61)29-67-15-13-49(53(69)31-67)59(71)73-5/h6-11,16-27,48-49,52-53,62,68-69H,12-15,28-35H2,1-5H3/b62-22?,63-23+. The predicted octanol–water partition coefficient (Wildman–Crippen LogP) is 9.14. The minimum absolute atomic E-state index is 0.173. The molecule has 4 unspecified atom stereocenters. The van der Waals surface area contributed by atoms with Gasteiger partial charge in [-0.3, -0.25) is 34.3 Å². The minimum Gasteiger partial charge on any atom is -0.488 e. The van der Waals surface area contributed by atoms with E-state index < -0.39 is 36.0 Å². The van der Waals surface area contributed by atoms with Crippen LogP contribution in [-0.2, 0) is 58.6 Å². The van der Waals surface area contributed by atoms with Crippen molar-refractivity contribution >= 4 is 47.6 Å². The summed E-state index contributed by atoms with van der Waals surface area (Å²) in [7, 11) is 4.37. The number of aromatic nitrogens is 2. The number of esters is 2. The SMILES string of the molecule is C/N=C/c1cncc(COc2cc(OCc3cccc(-c4cccc(COc5cc(OCc6cncc(C=N)c6)c(CN6CCC(C(=O)OC)C(O)C6)cc5Cl)c4C)c3C)c(Cl)cc2CN2CCC(C(=O)OC)C(O)C2)c1. The van der Waals surface area contributed by atoms with Gasteiger partial charge in [0.1, 0.15) is 49.4 Å². The van der Waals surface area contributed by atoms with Crippen molar-refractivity contribution in [1.82, 2.24) is 19.8 Å². The third kappa shape index (κ3) is 14.2. The summed E-state index contributed by atoms with van der Waals surface area (Å²) >= 11 is 14.0. The van der Waals surface area contributed by atoms with Gasteiger partial charge in [-0.05, 0) is 97.4 Å². The molecule has 2 aromatic heterocycles. The molecule has 404 valence electrons. The number of likely N-dealkylation sites (tertiary alicyclic amines) is 2. The van der Waals surface area contributed by atoms with Crippen LogP contribution in [0.2, 0.25) is 10.0 Å². The largest absolute Gasteiger partial charge is 0.488 e. The number of hydrogen-bond acceptors (Lipinski definition) is 16.